The summed E-state index contributed by atoms with van der Waals surface area (Å²) in [6.45, 7) is 4.26. The molecule has 0 amide bonds. The zero-order valence-electron chi connectivity index (χ0n) is 5.06. The van der Waals surface area contributed by atoms with E-state index in [0.29, 0.717) is 0 Å². The topological polar surface area (TPSA) is 0 Å². The third kappa shape index (κ3) is 1.10. The molecule has 1 aromatic rings. The maximum absolute atomic E-state index is 2.73. The molecule has 0 radical (unpaired) electrons. The maximum atomic E-state index is 2.73. The average molecular weight is 144 g/mol. The van der Waals surface area contributed by atoms with Gasteiger partial charge in [0.2, 0.25) is 0 Å². The molecule has 0 aromatic carbocycles. The van der Waals surface area contributed by atoms with Crippen LogP contribution in [-0.4, -0.2) is 0 Å². The molecule has 0 fully saturated rings. The Labute approximate surface area is 56.1 Å². The average Bonchev–Trinajstić information content (AvgIpc) is 1.85. The zero-order chi connectivity index (χ0) is 6.15. The number of rotatable bonds is 0. The predicted octanol–water partition coefficient (Wildman–Crippen LogP) is 1.87. The molecule has 0 saturated heterocycles. The summed E-state index contributed by atoms with van der Waals surface area (Å²) in [5.74, 6) is 0. The van der Waals surface area contributed by atoms with E-state index in [9.17, 15) is 0 Å². The van der Waals surface area contributed by atoms with Gasteiger partial charge in [-0.05, 0) is 25.5 Å². The van der Waals surface area contributed by atoms with Gasteiger partial charge in [0.25, 0.3) is 0 Å². The Kier molecular flexibility index (Phi) is 1.69. The lowest BCUT2D eigenvalue weighted by Crippen LogP contribution is -1.81. The monoisotopic (exact) mass is 144 g/mol. The molecule has 0 aliphatic heterocycles. The van der Waals surface area contributed by atoms with E-state index in [-0.39, 0.29) is 0 Å². The number of hydrogen-bond acceptors (Lipinski definition) is 1. The minimum absolute atomic E-state index is 1.36. The van der Waals surface area contributed by atoms with Gasteiger partial charge in [-0.3, -0.25) is 0 Å². The standard InChI is InChI=1S/C6H9PS/c1-4-3-5(2)8-6(4)7/h3H,7H2,1-2H3. The van der Waals surface area contributed by atoms with Gasteiger partial charge < -0.3 is 0 Å². The molecule has 1 atom stereocenters. The molecule has 0 aliphatic carbocycles. The number of thiophene rings is 1. The van der Waals surface area contributed by atoms with Crippen molar-refractivity contribution in [2.45, 2.75) is 13.8 Å². The van der Waals surface area contributed by atoms with E-state index < -0.39 is 0 Å². The lowest BCUT2D eigenvalue weighted by Gasteiger charge is -1.79. The number of hydrogen-bond donors (Lipinski definition) is 0. The van der Waals surface area contributed by atoms with Crippen molar-refractivity contribution in [3.05, 3.63) is 16.5 Å². The molecule has 2 heteroatoms. The molecule has 1 aromatic heterocycles. The van der Waals surface area contributed by atoms with Crippen molar-refractivity contribution < 1.29 is 0 Å². The van der Waals surface area contributed by atoms with Gasteiger partial charge >= 0.3 is 0 Å². The van der Waals surface area contributed by atoms with E-state index in [0.717, 1.165) is 0 Å². The molecule has 1 heterocycles. The highest BCUT2D eigenvalue weighted by Crippen LogP contribution is 2.11. The maximum Gasteiger partial charge on any atom is 0.0248 e. The highest BCUT2D eigenvalue weighted by atomic mass is 32.1. The molecule has 0 saturated carbocycles. The summed E-state index contributed by atoms with van der Waals surface area (Å²) < 4.78 is 1.36. The molecule has 0 nitrogen and oxygen atoms in total. The Hall–Kier alpha value is 0.130. The van der Waals surface area contributed by atoms with E-state index in [1.54, 1.807) is 0 Å². The van der Waals surface area contributed by atoms with Gasteiger partial charge in [-0.25, -0.2) is 0 Å². The molecular weight excluding hydrogens is 135 g/mol. The highest BCUT2D eigenvalue weighted by molar-refractivity contribution is 7.43. The Morgan fingerprint density at radius 3 is 2.25 bits per heavy atom. The molecular formula is C6H9PS. The Balaban J connectivity index is 3.14. The molecule has 0 spiro atoms. The summed E-state index contributed by atoms with van der Waals surface area (Å²) >= 11 is 1.83. The fraction of sp³-hybridized carbons (Fsp3) is 0.333. The smallest absolute Gasteiger partial charge is 0.0248 e. The highest BCUT2D eigenvalue weighted by Gasteiger charge is 1.93. The summed E-state index contributed by atoms with van der Waals surface area (Å²) in [6.07, 6.45) is 0. The predicted molar refractivity (Wildman–Crippen MR) is 43.1 cm³/mol. The van der Waals surface area contributed by atoms with Gasteiger partial charge in [-0.15, -0.1) is 11.3 Å². The third-order valence-corrected chi connectivity index (χ3v) is 2.87. The van der Waals surface area contributed by atoms with Crippen molar-refractivity contribution in [2.75, 3.05) is 0 Å². The van der Waals surface area contributed by atoms with E-state index >= 15 is 0 Å². The van der Waals surface area contributed by atoms with E-state index in [1.165, 1.54) is 15.1 Å². The van der Waals surface area contributed by atoms with Crippen molar-refractivity contribution in [2.24, 2.45) is 0 Å². The van der Waals surface area contributed by atoms with Gasteiger partial charge in [-0.2, -0.15) is 0 Å². The first kappa shape index (κ1) is 6.25. The molecule has 1 rings (SSSR count). The van der Waals surface area contributed by atoms with Crippen molar-refractivity contribution in [3.8, 4) is 0 Å². The minimum atomic E-state index is 1.36. The third-order valence-electron chi connectivity index (χ3n) is 1.08. The van der Waals surface area contributed by atoms with Gasteiger partial charge in [0.15, 0.2) is 0 Å². The summed E-state index contributed by atoms with van der Waals surface area (Å²) in [4.78, 5) is 1.40. The van der Waals surface area contributed by atoms with Gasteiger partial charge in [-0.1, -0.05) is 9.24 Å². The van der Waals surface area contributed by atoms with Crippen LogP contribution < -0.4 is 4.62 Å². The van der Waals surface area contributed by atoms with Crippen LogP contribution in [0.1, 0.15) is 10.4 Å². The van der Waals surface area contributed by atoms with E-state index in [2.05, 4.69) is 29.2 Å². The first-order valence-electron chi connectivity index (χ1n) is 2.52. The van der Waals surface area contributed by atoms with Crippen LogP contribution in [0.2, 0.25) is 0 Å². The summed E-state index contributed by atoms with van der Waals surface area (Å²) in [6, 6.07) is 2.20. The van der Waals surface area contributed by atoms with E-state index in [4.69, 9.17) is 0 Å². The Morgan fingerprint density at radius 1 is 1.50 bits per heavy atom. The quantitative estimate of drug-likeness (QED) is 0.487. The van der Waals surface area contributed by atoms with Crippen LogP contribution in [0.3, 0.4) is 0 Å². The largest absolute Gasteiger partial charge is 0.141 e. The summed E-state index contributed by atoms with van der Waals surface area (Å²) in [5, 5.41) is 0. The molecule has 8 heavy (non-hydrogen) atoms. The first-order valence-corrected chi connectivity index (χ1v) is 3.92. The van der Waals surface area contributed by atoms with Gasteiger partial charge in [0.05, 0.1) is 0 Å². The van der Waals surface area contributed by atoms with Crippen molar-refractivity contribution in [1.82, 2.24) is 0 Å². The SMILES string of the molecule is Cc1cc(C)c(P)s1. The van der Waals surface area contributed by atoms with Gasteiger partial charge in [0, 0.05) is 9.50 Å². The van der Waals surface area contributed by atoms with Crippen LogP contribution in [0.4, 0.5) is 0 Å². The fourth-order valence-corrected chi connectivity index (χ4v) is 2.10. The van der Waals surface area contributed by atoms with Crippen LogP contribution in [-0.2, 0) is 0 Å². The van der Waals surface area contributed by atoms with Crippen LogP contribution >= 0.6 is 20.6 Å². The molecule has 0 bridgehead atoms. The van der Waals surface area contributed by atoms with Crippen LogP contribution in [0, 0.1) is 13.8 Å². The van der Waals surface area contributed by atoms with Crippen molar-refractivity contribution in [3.63, 3.8) is 0 Å². The number of aryl methyl sites for hydroxylation is 2. The summed E-state index contributed by atoms with van der Waals surface area (Å²) in [7, 11) is 2.73. The molecule has 44 valence electrons. The first-order chi connectivity index (χ1) is 3.70. The Bertz CT molecular complexity index is 171. The van der Waals surface area contributed by atoms with Crippen LogP contribution in [0.25, 0.3) is 0 Å². The lowest BCUT2D eigenvalue weighted by molar-refractivity contribution is 1.53. The lowest BCUT2D eigenvalue weighted by atomic mass is 10.4. The zero-order valence-corrected chi connectivity index (χ0v) is 7.03. The second kappa shape index (κ2) is 2.16. The second-order valence-corrected chi connectivity index (χ2v) is 4.19. The minimum Gasteiger partial charge on any atom is -0.141 e. The molecule has 1 unspecified atom stereocenters. The Morgan fingerprint density at radius 2 is 2.12 bits per heavy atom. The summed E-state index contributed by atoms with van der Waals surface area (Å²) in [5.41, 5.74) is 1.39. The van der Waals surface area contributed by atoms with Crippen LogP contribution in [0.15, 0.2) is 6.07 Å². The van der Waals surface area contributed by atoms with Crippen molar-refractivity contribution in [1.29, 1.82) is 0 Å². The molecule has 0 aliphatic rings. The fourth-order valence-electron chi connectivity index (χ4n) is 0.659. The van der Waals surface area contributed by atoms with Crippen molar-refractivity contribution >= 4 is 25.2 Å². The van der Waals surface area contributed by atoms with Crippen LogP contribution in [0.5, 0.6) is 0 Å². The van der Waals surface area contributed by atoms with E-state index in [1.807, 2.05) is 11.3 Å². The molecule has 0 N–H and O–H groups in total. The normalized spacial score (nSPS) is 9.88. The second-order valence-electron chi connectivity index (χ2n) is 1.90. The van der Waals surface area contributed by atoms with Gasteiger partial charge in [0.1, 0.15) is 0 Å².